The van der Waals surface area contributed by atoms with Crippen molar-refractivity contribution in [2.24, 2.45) is 5.73 Å². The second-order valence-electron chi connectivity index (χ2n) is 5.04. The third-order valence-corrected chi connectivity index (χ3v) is 1.87. The van der Waals surface area contributed by atoms with Crippen molar-refractivity contribution in [3.05, 3.63) is 0 Å². The third-order valence-electron chi connectivity index (χ3n) is 1.87. The van der Waals surface area contributed by atoms with Gasteiger partial charge in [0.05, 0.1) is 5.84 Å². The van der Waals surface area contributed by atoms with E-state index in [4.69, 9.17) is 15.9 Å². The normalized spacial score (nSPS) is 11.4. The van der Waals surface area contributed by atoms with Gasteiger partial charge in [-0.25, -0.2) is 4.79 Å². The van der Waals surface area contributed by atoms with Gasteiger partial charge in [0.15, 0.2) is 0 Å². The van der Waals surface area contributed by atoms with E-state index >= 15 is 0 Å². The number of nitrogens with two attached hydrogens (primary N) is 1. The zero-order valence-electron chi connectivity index (χ0n) is 10.8. The number of nitrogens with zero attached hydrogens (tertiary/aromatic N) is 1. The standard InChI is InChI=1S/C11H23N3O2/c1-8(2)14(7-6-9(12)13)10(15)16-11(3,4)5/h8H,6-7H2,1-5H3,(H3,12,13). The molecule has 0 aliphatic carbocycles. The molecule has 0 aromatic carbocycles. The highest BCUT2D eigenvalue weighted by Gasteiger charge is 2.23. The van der Waals surface area contributed by atoms with Crippen LogP contribution in [0.3, 0.4) is 0 Å². The van der Waals surface area contributed by atoms with Gasteiger partial charge in [-0.2, -0.15) is 0 Å². The fourth-order valence-corrected chi connectivity index (χ4v) is 1.12. The molecule has 0 unspecified atom stereocenters. The third kappa shape index (κ3) is 6.27. The van der Waals surface area contributed by atoms with Gasteiger partial charge < -0.3 is 15.4 Å². The van der Waals surface area contributed by atoms with Crippen LogP contribution < -0.4 is 5.73 Å². The van der Waals surface area contributed by atoms with Crippen molar-refractivity contribution in [1.82, 2.24) is 4.90 Å². The molecule has 0 spiro atoms. The Hall–Kier alpha value is -1.26. The van der Waals surface area contributed by atoms with Crippen molar-refractivity contribution in [1.29, 1.82) is 5.41 Å². The van der Waals surface area contributed by atoms with Crippen LogP contribution in [-0.2, 0) is 4.74 Å². The van der Waals surface area contributed by atoms with E-state index in [1.54, 1.807) is 4.90 Å². The van der Waals surface area contributed by atoms with Crippen molar-refractivity contribution >= 4 is 11.9 Å². The number of amides is 1. The molecule has 16 heavy (non-hydrogen) atoms. The van der Waals surface area contributed by atoms with Gasteiger partial charge in [-0.05, 0) is 34.6 Å². The summed E-state index contributed by atoms with van der Waals surface area (Å²) in [5.74, 6) is 0.0780. The van der Waals surface area contributed by atoms with Crippen LogP contribution in [0.15, 0.2) is 0 Å². The van der Waals surface area contributed by atoms with Crippen LogP contribution >= 0.6 is 0 Å². The Morgan fingerprint density at radius 2 is 1.94 bits per heavy atom. The number of rotatable bonds is 4. The van der Waals surface area contributed by atoms with Crippen LogP contribution in [0.25, 0.3) is 0 Å². The number of ether oxygens (including phenoxy) is 1. The summed E-state index contributed by atoms with van der Waals surface area (Å²) < 4.78 is 5.27. The number of carbonyl (C=O) groups excluding carboxylic acids is 1. The summed E-state index contributed by atoms with van der Waals surface area (Å²) in [5, 5.41) is 7.15. The average Bonchev–Trinajstić information content (AvgIpc) is 1.98. The molecule has 0 saturated heterocycles. The highest BCUT2D eigenvalue weighted by Crippen LogP contribution is 2.12. The molecule has 0 fully saturated rings. The molecule has 0 aromatic rings. The highest BCUT2D eigenvalue weighted by atomic mass is 16.6. The smallest absolute Gasteiger partial charge is 0.410 e. The van der Waals surface area contributed by atoms with Crippen LogP contribution in [0.1, 0.15) is 41.0 Å². The molecule has 0 radical (unpaired) electrons. The van der Waals surface area contributed by atoms with E-state index in [0.717, 1.165) is 0 Å². The lowest BCUT2D eigenvalue weighted by atomic mass is 10.2. The van der Waals surface area contributed by atoms with Crippen molar-refractivity contribution in [3.63, 3.8) is 0 Å². The highest BCUT2D eigenvalue weighted by molar-refractivity contribution is 5.77. The molecule has 0 bridgehead atoms. The van der Waals surface area contributed by atoms with Crippen molar-refractivity contribution < 1.29 is 9.53 Å². The summed E-state index contributed by atoms with van der Waals surface area (Å²) in [6.45, 7) is 9.72. The largest absolute Gasteiger partial charge is 0.444 e. The summed E-state index contributed by atoms with van der Waals surface area (Å²) in [7, 11) is 0. The topological polar surface area (TPSA) is 79.4 Å². The van der Waals surface area contributed by atoms with Gasteiger partial charge in [0, 0.05) is 19.0 Å². The molecule has 5 nitrogen and oxygen atoms in total. The molecule has 94 valence electrons. The Morgan fingerprint density at radius 1 is 1.44 bits per heavy atom. The fourth-order valence-electron chi connectivity index (χ4n) is 1.12. The first-order valence-electron chi connectivity index (χ1n) is 5.46. The number of amidine groups is 1. The van der Waals surface area contributed by atoms with E-state index in [2.05, 4.69) is 0 Å². The molecule has 0 rings (SSSR count). The number of hydrogen-bond donors (Lipinski definition) is 2. The SMILES string of the molecule is CC(C)N(CCC(=N)N)C(=O)OC(C)(C)C. The van der Waals surface area contributed by atoms with Crippen LogP contribution in [-0.4, -0.2) is 35.0 Å². The summed E-state index contributed by atoms with van der Waals surface area (Å²) >= 11 is 0. The second kappa shape index (κ2) is 5.72. The summed E-state index contributed by atoms with van der Waals surface area (Å²) in [5.41, 5.74) is 4.77. The predicted molar refractivity (Wildman–Crippen MR) is 64.6 cm³/mol. The Balaban J connectivity index is 4.42. The minimum Gasteiger partial charge on any atom is -0.444 e. The molecule has 3 N–H and O–H groups in total. The maximum Gasteiger partial charge on any atom is 0.410 e. The quantitative estimate of drug-likeness (QED) is 0.571. The molecule has 0 aliphatic heterocycles. The van der Waals surface area contributed by atoms with E-state index in [9.17, 15) is 4.79 Å². The lowest BCUT2D eigenvalue weighted by Crippen LogP contribution is -2.42. The zero-order chi connectivity index (χ0) is 12.9. The molecule has 0 aliphatic rings. The molecule has 0 atom stereocenters. The van der Waals surface area contributed by atoms with Crippen LogP contribution in [0.4, 0.5) is 4.79 Å². The van der Waals surface area contributed by atoms with Gasteiger partial charge in [-0.3, -0.25) is 5.41 Å². The minimum absolute atomic E-state index is 0.0363. The number of nitrogens with one attached hydrogen (secondary N) is 1. The van der Waals surface area contributed by atoms with Crippen LogP contribution in [0.5, 0.6) is 0 Å². The minimum atomic E-state index is -0.500. The second-order valence-corrected chi connectivity index (χ2v) is 5.04. The molecule has 0 saturated carbocycles. The first-order chi connectivity index (χ1) is 7.13. The molecule has 1 amide bonds. The predicted octanol–water partition coefficient (Wildman–Crippen LogP) is 1.96. The lowest BCUT2D eigenvalue weighted by Gasteiger charge is -2.29. The van der Waals surface area contributed by atoms with E-state index < -0.39 is 5.60 Å². The molecular weight excluding hydrogens is 206 g/mol. The van der Waals surface area contributed by atoms with Crippen molar-refractivity contribution in [2.75, 3.05) is 6.54 Å². The zero-order valence-corrected chi connectivity index (χ0v) is 10.8. The van der Waals surface area contributed by atoms with Crippen LogP contribution in [0.2, 0.25) is 0 Å². The average molecular weight is 229 g/mol. The van der Waals surface area contributed by atoms with Gasteiger partial charge in [-0.1, -0.05) is 0 Å². The Morgan fingerprint density at radius 3 is 2.25 bits per heavy atom. The maximum absolute atomic E-state index is 11.8. The fraction of sp³-hybridized carbons (Fsp3) is 0.818. The first-order valence-corrected chi connectivity index (χ1v) is 5.46. The van der Waals surface area contributed by atoms with Gasteiger partial charge in [0.25, 0.3) is 0 Å². The van der Waals surface area contributed by atoms with Gasteiger partial charge >= 0.3 is 6.09 Å². The number of hydrogen-bond acceptors (Lipinski definition) is 3. The van der Waals surface area contributed by atoms with Crippen molar-refractivity contribution in [3.8, 4) is 0 Å². The Labute approximate surface area is 97.4 Å². The molecule has 5 heteroatoms. The Kier molecular flexibility index (Phi) is 5.27. The monoisotopic (exact) mass is 229 g/mol. The maximum atomic E-state index is 11.8. The van der Waals surface area contributed by atoms with Gasteiger partial charge in [0.1, 0.15) is 5.60 Å². The lowest BCUT2D eigenvalue weighted by molar-refractivity contribution is 0.0197. The molecule has 0 aromatic heterocycles. The summed E-state index contributed by atoms with van der Waals surface area (Å²) in [4.78, 5) is 13.4. The van der Waals surface area contributed by atoms with Crippen molar-refractivity contribution in [2.45, 2.75) is 52.7 Å². The van der Waals surface area contributed by atoms with Gasteiger partial charge in [0.2, 0.25) is 0 Å². The summed E-state index contributed by atoms with van der Waals surface area (Å²) in [6.07, 6.45) is 0.0148. The first kappa shape index (κ1) is 14.7. The molecular formula is C11H23N3O2. The van der Waals surface area contributed by atoms with E-state index in [1.807, 2.05) is 34.6 Å². The number of carbonyl (C=O) groups is 1. The molecule has 0 heterocycles. The van der Waals surface area contributed by atoms with E-state index in [-0.39, 0.29) is 18.0 Å². The van der Waals surface area contributed by atoms with Crippen LogP contribution in [0, 0.1) is 5.41 Å². The Bertz CT molecular complexity index is 256. The van der Waals surface area contributed by atoms with E-state index in [1.165, 1.54) is 0 Å². The summed E-state index contributed by atoms with van der Waals surface area (Å²) in [6, 6.07) is 0.0363. The van der Waals surface area contributed by atoms with E-state index in [0.29, 0.717) is 13.0 Å². The van der Waals surface area contributed by atoms with Gasteiger partial charge in [-0.15, -0.1) is 0 Å².